The number of rotatable bonds is 5. The largest absolute Gasteiger partial charge is 0.360 e. The highest BCUT2D eigenvalue weighted by molar-refractivity contribution is 7.14. The lowest BCUT2D eigenvalue weighted by Crippen LogP contribution is -2.27. The van der Waals surface area contributed by atoms with Gasteiger partial charge in [-0.1, -0.05) is 0 Å². The molecule has 3 rings (SSSR count). The minimum absolute atomic E-state index is 0.0945. The average Bonchev–Trinajstić information content (AvgIpc) is 3.26. The summed E-state index contributed by atoms with van der Waals surface area (Å²) in [5.74, 6) is -1.03. The van der Waals surface area contributed by atoms with E-state index >= 15 is 0 Å². The fourth-order valence-corrected chi connectivity index (χ4v) is 3.58. The van der Waals surface area contributed by atoms with Gasteiger partial charge in [0.15, 0.2) is 5.13 Å². The van der Waals surface area contributed by atoms with Gasteiger partial charge in [-0.05, 0) is 31.2 Å². The highest BCUT2D eigenvalue weighted by atomic mass is 32.1. The minimum atomic E-state index is -0.483. The first-order valence-corrected chi connectivity index (χ1v) is 8.99. The number of nitrogens with one attached hydrogen (secondary N) is 1. The Morgan fingerprint density at radius 3 is 2.89 bits per heavy atom. The van der Waals surface area contributed by atoms with Crippen LogP contribution in [0.2, 0.25) is 0 Å². The highest BCUT2D eigenvalue weighted by Crippen LogP contribution is 2.25. The Balaban J connectivity index is 1.94. The minimum Gasteiger partial charge on any atom is -0.360 e. The number of carbonyl (C=O) groups excluding carboxylic acids is 2. The molecule has 8 heteroatoms. The second kappa shape index (κ2) is 7.51. The van der Waals surface area contributed by atoms with Crippen molar-refractivity contribution < 1.29 is 14.0 Å². The van der Waals surface area contributed by atoms with E-state index in [-0.39, 0.29) is 17.0 Å². The molecular weight excluding hydrogens is 367 g/mol. The first kappa shape index (κ1) is 18.5. The number of hydrogen-bond acceptors (Lipinski definition) is 5. The van der Waals surface area contributed by atoms with Crippen LogP contribution in [0.25, 0.3) is 17.0 Å². The average molecular weight is 382 g/mol. The summed E-state index contributed by atoms with van der Waals surface area (Å²) in [6.07, 6.45) is 2.84. The number of ketones is 1. The molecule has 0 saturated heterocycles. The van der Waals surface area contributed by atoms with Gasteiger partial charge in [-0.3, -0.25) is 14.5 Å². The quantitative estimate of drug-likeness (QED) is 0.411. The maximum atomic E-state index is 13.3. The summed E-state index contributed by atoms with van der Waals surface area (Å²) in [5.41, 5.74) is 1.09. The molecule has 0 saturated carbocycles. The van der Waals surface area contributed by atoms with Crippen molar-refractivity contribution in [3.05, 3.63) is 52.4 Å². The van der Waals surface area contributed by atoms with Crippen molar-refractivity contribution in [2.75, 3.05) is 11.4 Å². The fourth-order valence-electron chi connectivity index (χ4n) is 2.69. The third kappa shape index (κ3) is 3.64. The Morgan fingerprint density at radius 1 is 1.44 bits per heavy atom. The van der Waals surface area contributed by atoms with E-state index in [1.54, 1.807) is 5.38 Å². The van der Waals surface area contributed by atoms with Crippen molar-refractivity contribution in [3.8, 4) is 6.07 Å². The number of H-pyrrole nitrogens is 1. The number of halogens is 1. The van der Waals surface area contributed by atoms with Crippen LogP contribution in [0, 0.1) is 17.1 Å². The molecule has 2 heterocycles. The van der Waals surface area contributed by atoms with Gasteiger partial charge in [0.1, 0.15) is 17.5 Å². The number of aromatic amines is 1. The smallest absolute Gasteiger partial charge is 0.225 e. The van der Waals surface area contributed by atoms with E-state index in [1.807, 2.05) is 13.0 Å². The summed E-state index contributed by atoms with van der Waals surface area (Å²) in [6.45, 7) is 3.76. The molecule has 6 nitrogen and oxygen atoms in total. The number of aromatic nitrogens is 2. The lowest BCUT2D eigenvalue weighted by molar-refractivity contribution is -0.116. The number of amides is 1. The van der Waals surface area contributed by atoms with Crippen molar-refractivity contribution in [3.63, 3.8) is 0 Å². The molecular formula is C19H15FN4O2S. The van der Waals surface area contributed by atoms with E-state index in [0.717, 1.165) is 0 Å². The van der Waals surface area contributed by atoms with Crippen molar-refractivity contribution in [1.29, 1.82) is 5.26 Å². The zero-order valence-corrected chi connectivity index (χ0v) is 15.4. The van der Waals surface area contributed by atoms with Crippen LogP contribution < -0.4 is 4.90 Å². The molecule has 2 aromatic heterocycles. The predicted octanol–water partition coefficient (Wildman–Crippen LogP) is 3.93. The van der Waals surface area contributed by atoms with Crippen molar-refractivity contribution in [2.24, 2.45) is 0 Å². The zero-order chi connectivity index (χ0) is 19.6. The summed E-state index contributed by atoms with van der Waals surface area (Å²) in [7, 11) is 0. The van der Waals surface area contributed by atoms with Gasteiger partial charge in [0.2, 0.25) is 11.7 Å². The normalized spacial score (nSPS) is 11.4. The van der Waals surface area contributed by atoms with Gasteiger partial charge in [0.25, 0.3) is 0 Å². The highest BCUT2D eigenvalue weighted by Gasteiger charge is 2.18. The maximum absolute atomic E-state index is 13.3. The number of thiazole rings is 1. The van der Waals surface area contributed by atoms with Gasteiger partial charge >= 0.3 is 0 Å². The standard InChI is InChI=1S/C19H15FN4O2S/c1-3-24(11(2)25)19-23-14(10-27-19)6-12(8-21)18(26)16-9-22-17-7-13(20)4-5-15(16)17/h4-7,9-10,22H,3H2,1-2H3/b12-6+. The van der Waals surface area contributed by atoms with Gasteiger partial charge in [-0.15, -0.1) is 11.3 Å². The van der Waals surface area contributed by atoms with Gasteiger partial charge < -0.3 is 4.98 Å². The molecule has 0 aliphatic carbocycles. The van der Waals surface area contributed by atoms with Crippen LogP contribution in [-0.2, 0) is 4.79 Å². The summed E-state index contributed by atoms with van der Waals surface area (Å²) >= 11 is 1.26. The van der Waals surface area contributed by atoms with Crippen molar-refractivity contribution in [1.82, 2.24) is 9.97 Å². The topological polar surface area (TPSA) is 89.8 Å². The molecule has 136 valence electrons. The van der Waals surface area contributed by atoms with Crippen LogP contribution in [0.1, 0.15) is 29.9 Å². The van der Waals surface area contributed by atoms with Crippen LogP contribution in [0.15, 0.2) is 35.3 Å². The molecule has 0 bridgehead atoms. The van der Waals surface area contributed by atoms with Crippen LogP contribution in [0.5, 0.6) is 0 Å². The summed E-state index contributed by atoms with van der Waals surface area (Å²) in [5, 5.41) is 12.1. The molecule has 1 aromatic carbocycles. The number of benzene rings is 1. The predicted molar refractivity (Wildman–Crippen MR) is 102 cm³/mol. The molecule has 1 N–H and O–H groups in total. The molecule has 27 heavy (non-hydrogen) atoms. The SMILES string of the molecule is CCN(C(C)=O)c1nc(/C=C(\C#N)C(=O)c2c[nH]c3cc(F)ccc23)cs1. The molecule has 0 radical (unpaired) electrons. The first-order valence-electron chi connectivity index (χ1n) is 8.11. The van der Waals surface area contributed by atoms with Gasteiger partial charge in [0.05, 0.1) is 5.69 Å². The van der Waals surface area contributed by atoms with E-state index < -0.39 is 11.6 Å². The molecule has 0 spiro atoms. The molecule has 0 aliphatic rings. The third-order valence-electron chi connectivity index (χ3n) is 3.98. The zero-order valence-electron chi connectivity index (χ0n) is 14.6. The van der Waals surface area contributed by atoms with Crippen LogP contribution in [-0.4, -0.2) is 28.2 Å². The van der Waals surface area contributed by atoms with Gasteiger partial charge in [0, 0.05) is 41.5 Å². The van der Waals surface area contributed by atoms with Crippen molar-refractivity contribution in [2.45, 2.75) is 13.8 Å². The Bertz CT molecular complexity index is 1110. The van der Waals surface area contributed by atoms with Crippen molar-refractivity contribution >= 4 is 45.1 Å². The molecule has 3 aromatic rings. The lowest BCUT2D eigenvalue weighted by atomic mass is 10.0. The van der Waals surface area contributed by atoms with Gasteiger partial charge in [-0.25, -0.2) is 9.37 Å². The van der Waals surface area contributed by atoms with Crippen LogP contribution in [0.3, 0.4) is 0 Å². The Kier molecular flexibility index (Phi) is 5.14. The fraction of sp³-hybridized carbons (Fsp3) is 0.158. The molecule has 0 atom stereocenters. The number of carbonyl (C=O) groups is 2. The molecule has 1 amide bonds. The Labute approximate surface area is 158 Å². The number of anilines is 1. The third-order valence-corrected chi connectivity index (χ3v) is 4.86. The number of allylic oxidation sites excluding steroid dienone is 1. The van der Waals surface area contributed by atoms with E-state index in [1.165, 1.54) is 53.6 Å². The van der Waals surface area contributed by atoms with E-state index in [2.05, 4.69) is 9.97 Å². The summed E-state index contributed by atoms with van der Waals surface area (Å²) in [6, 6.07) is 5.94. The van der Waals surface area contributed by atoms with E-state index in [0.29, 0.717) is 28.3 Å². The Hall–Kier alpha value is -3.31. The number of nitriles is 1. The lowest BCUT2D eigenvalue weighted by Gasteiger charge is -2.14. The number of Topliss-reactive ketones (excluding diaryl/α,β-unsaturated/α-hetero) is 1. The second-order valence-corrected chi connectivity index (χ2v) is 6.55. The Morgan fingerprint density at radius 2 is 2.22 bits per heavy atom. The van der Waals surface area contributed by atoms with Crippen LogP contribution >= 0.6 is 11.3 Å². The molecule has 0 unspecified atom stereocenters. The van der Waals surface area contributed by atoms with Gasteiger partial charge in [-0.2, -0.15) is 5.26 Å². The monoisotopic (exact) mass is 382 g/mol. The van der Waals surface area contributed by atoms with Crippen LogP contribution in [0.4, 0.5) is 9.52 Å². The number of hydrogen-bond donors (Lipinski definition) is 1. The maximum Gasteiger partial charge on any atom is 0.225 e. The first-order chi connectivity index (χ1) is 12.9. The molecule has 0 aliphatic heterocycles. The summed E-state index contributed by atoms with van der Waals surface area (Å²) < 4.78 is 13.3. The van der Waals surface area contributed by atoms with E-state index in [4.69, 9.17) is 0 Å². The number of fused-ring (bicyclic) bond motifs is 1. The molecule has 0 fully saturated rings. The summed E-state index contributed by atoms with van der Waals surface area (Å²) in [4.78, 5) is 33.0. The van der Waals surface area contributed by atoms with E-state index in [9.17, 15) is 19.2 Å². The second-order valence-electron chi connectivity index (χ2n) is 5.71. The number of nitrogens with zero attached hydrogens (tertiary/aromatic N) is 3.